The van der Waals surface area contributed by atoms with E-state index in [9.17, 15) is 40.5 Å². The molecular weight excluding hydrogens is 300 g/mol. The van der Waals surface area contributed by atoms with Gasteiger partial charge < -0.3 is 0 Å². The van der Waals surface area contributed by atoms with E-state index in [0.29, 0.717) is 0 Å². The average Bonchev–Trinajstić information content (AvgIpc) is 2.36. The molecule has 0 rings (SSSR count). The third-order valence-electron chi connectivity index (χ3n) is 2.24. The van der Waals surface area contributed by atoms with Gasteiger partial charge in [-0.3, -0.25) is 30.3 Å². The third-order valence-corrected chi connectivity index (χ3v) is 2.24. The maximum Gasteiger partial charge on any atom is 0.723 e. The number of nitrogens with zero attached hydrogens (tertiary/aromatic N) is 8. The van der Waals surface area contributed by atoms with Crippen LogP contribution in [-0.2, 0) is 0 Å². The molecule has 0 unspecified atom stereocenters. The van der Waals surface area contributed by atoms with Gasteiger partial charge in [0.1, 0.15) is 0 Å². The van der Waals surface area contributed by atoms with Gasteiger partial charge in [-0.2, -0.15) is 0 Å². The summed E-state index contributed by atoms with van der Waals surface area (Å²) in [6.07, 6.45) is -0.172. The van der Waals surface area contributed by atoms with Gasteiger partial charge in [-0.25, -0.2) is 10.1 Å². The topological polar surface area (TPSA) is 225 Å². The number of hydrogen-bond acceptors (Lipinski definition) is 9. The van der Waals surface area contributed by atoms with Crippen LogP contribution in [0.15, 0.2) is 5.11 Å². The van der Waals surface area contributed by atoms with Crippen molar-refractivity contribution < 1.29 is 19.8 Å². The minimum Gasteiger partial charge on any atom is -0.253 e. The second-order valence-corrected chi connectivity index (χ2v) is 3.48. The van der Waals surface area contributed by atoms with Gasteiger partial charge in [0.15, 0.2) is 19.8 Å². The fraction of sp³-hybridized carbons (Fsp3) is 1.00. The van der Waals surface area contributed by atoms with Crippen molar-refractivity contribution >= 4 is 0 Å². The van der Waals surface area contributed by atoms with E-state index in [4.69, 9.17) is 5.53 Å². The molecule has 116 valence electrons. The number of hydrazine groups is 1. The summed E-state index contributed by atoms with van der Waals surface area (Å²) >= 11 is 0. The summed E-state index contributed by atoms with van der Waals surface area (Å²) in [7, 11) is 0. The lowest BCUT2D eigenvalue weighted by Gasteiger charge is -2.15. The summed E-state index contributed by atoms with van der Waals surface area (Å²) in [5.74, 6) is -3.95. The molecule has 0 aliphatic rings. The Morgan fingerprint density at radius 3 is 1.86 bits per heavy atom. The molecule has 0 aliphatic carbocycles. The zero-order valence-electron chi connectivity index (χ0n) is 10.2. The lowest BCUT2D eigenvalue weighted by atomic mass is 10.3. The van der Waals surface area contributed by atoms with E-state index in [0.717, 1.165) is 0 Å². The van der Waals surface area contributed by atoms with Crippen LogP contribution in [0.3, 0.4) is 0 Å². The fourth-order valence-corrected chi connectivity index (χ4v) is 1.21. The summed E-state index contributed by atoms with van der Waals surface area (Å²) < 4.78 is 0. The van der Waals surface area contributed by atoms with Gasteiger partial charge in [0.05, 0.1) is 6.54 Å². The highest BCUT2D eigenvalue weighted by atomic mass is 16.7. The van der Waals surface area contributed by atoms with Crippen LogP contribution in [0.2, 0.25) is 0 Å². The van der Waals surface area contributed by atoms with Crippen LogP contribution >= 0.6 is 0 Å². The van der Waals surface area contributed by atoms with Crippen molar-refractivity contribution in [2.75, 3.05) is 19.6 Å². The Balaban J connectivity index is 5.28. The molecular formula is C5H8N8O8. The van der Waals surface area contributed by atoms with Crippen LogP contribution in [-0.4, -0.2) is 50.2 Å². The summed E-state index contributed by atoms with van der Waals surface area (Å²) in [5, 5.41) is 44.4. The molecule has 0 aromatic carbocycles. The number of nitro groups is 4. The van der Waals surface area contributed by atoms with Crippen LogP contribution in [0, 0.1) is 40.5 Å². The maximum absolute atomic E-state index is 10.7. The van der Waals surface area contributed by atoms with Crippen molar-refractivity contribution in [3.63, 3.8) is 0 Å². The van der Waals surface area contributed by atoms with Crippen molar-refractivity contribution in [3.05, 3.63) is 50.9 Å². The molecule has 0 aromatic rings. The number of hydrogen-bond donors (Lipinski definition) is 0. The molecule has 21 heavy (non-hydrogen) atoms. The molecule has 0 spiro atoms. The monoisotopic (exact) mass is 308 g/mol. The van der Waals surface area contributed by atoms with Crippen LogP contribution in [0.4, 0.5) is 0 Å². The van der Waals surface area contributed by atoms with Crippen molar-refractivity contribution in [2.24, 2.45) is 5.11 Å². The van der Waals surface area contributed by atoms with E-state index < -0.39 is 38.7 Å². The molecule has 0 saturated heterocycles. The minimum atomic E-state index is -3.95. The first kappa shape index (κ1) is 17.7. The van der Waals surface area contributed by atoms with E-state index in [1.165, 1.54) is 0 Å². The summed E-state index contributed by atoms with van der Waals surface area (Å²) in [6.45, 7) is -2.50. The maximum atomic E-state index is 10.7. The van der Waals surface area contributed by atoms with Gasteiger partial charge in [-0.15, -0.1) is 5.01 Å². The molecule has 16 heteroatoms. The van der Waals surface area contributed by atoms with Crippen LogP contribution in [0.1, 0.15) is 6.42 Å². The molecule has 0 aromatic heterocycles. The Kier molecular flexibility index (Phi) is 6.19. The third kappa shape index (κ3) is 4.10. The van der Waals surface area contributed by atoms with Gasteiger partial charge in [0.2, 0.25) is 0 Å². The smallest absolute Gasteiger partial charge is 0.253 e. The number of azide groups is 1. The molecule has 0 fully saturated rings. The van der Waals surface area contributed by atoms with Crippen molar-refractivity contribution in [2.45, 2.75) is 12.2 Å². The van der Waals surface area contributed by atoms with Gasteiger partial charge in [-0.05, 0) is 12.0 Å². The molecule has 16 nitrogen and oxygen atoms in total. The largest absolute Gasteiger partial charge is 0.723 e. The van der Waals surface area contributed by atoms with Gasteiger partial charge in [-0.1, -0.05) is 5.11 Å². The van der Waals surface area contributed by atoms with Gasteiger partial charge >= 0.3 is 5.79 Å². The normalized spacial score (nSPS) is 10.3. The lowest BCUT2D eigenvalue weighted by molar-refractivity contribution is -0.973. The Morgan fingerprint density at radius 1 is 1.05 bits per heavy atom. The molecule has 0 bridgehead atoms. The Morgan fingerprint density at radius 2 is 1.52 bits per heavy atom. The van der Waals surface area contributed by atoms with Crippen molar-refractivity contribution in [1.82, 2.24) is 5.01 Å². The van der Waals surface area contributed by atoms with E-state index in [1.807, 2.05) is 0 Å². The predicted molar refractivity (Wildman–Crippen MR) is 60.9 cm³/mol. The zero-order valence-corrected chi connectivity index (χ0v) is 10.2. The summed E-state index contributed by atoms with van der Waals surface area (Å²) in [5.41, 5.74) is 7.99. The van der Waals surface area contributed by atoms with Crippen LogP contribution < -0.4 is 0 Å². The SMILES string of the molecule is [N-]=[N+]=NCCCN(CC([N+](=O)[O-])([N+](=O)[O-])[N+](=O)[O-])[N+](=O)[O-]. The standard InChI is InChI=1S/C5H8N8O8/c6-8-7-2-1-3-9(13(20)21)4-5(10(14)15,11(16)17)12(18)19/h1-4H2. The Hall–Kier alpha value is -3.29. The Labute approximate surface area is 114 Å². The van der Waals surface area contributed by atoms with Crippen molar-refractivity contribution in [1.29, 1.82) is 0 Å². The second kappa shape index (κ2) is 7.34. The fourth-order valence-electron chi connectivity index (χ4n) is 1.21. The zero-order chi connectivity index (χ0) is 16.6. The minimum absolute atomic E-state index is 0.0404. The number of rotatable bonds is 10. The van der Waals surface area contributed by atoms with Crippen LogP contribution in [0.5, 0.6) is 0 Å². The first-order chi connectivity index (χ1) is 9.70. The highest BCUT2D eigenvalue weighted by Crippen LogP contribution is 2.15. The van der Waals surface area contributed by atoms with Gasteiger partial charge in [0, 0.05) is 11.5 Å². The first-order valence-electron chi connectivity index (χ1n) is 5.03. The first-order valence-corrected chi connectivity index (χ1v) is 5.03. The molecule has 0 heterocycles. The highest BCUT2D eigenvalue weighted by Gasteiger charge is 2.73. The summed E-state index contributed by atoms with van der Waals surface area (Å²) in [4.78, 5) is 39.5. The quantitative estimate of drug-likeness (QED) is 0.0976. The summed E-state index contributed by atoms with van der Waals surface area (Å²) in [6, 6.07) is 0. The van der Waals surface area contributed by atoms with E-state index in [2.05, 4.69) is 10.0 Å². The lowest BCUT2D eigenvalue weighted by Crippen LogP contribution is -2.61. The van der Waals surface area contributed by atoms with Crippen LogP contribution in [0.25, 0.3) is 10.4 Å². The molecule has 0 amide bonds. The molecule has 0 saturated carbocycles. The molecule has 0 aliphatic heterocycles. The second-order valence-electron chi connectivity index (χ2n) is 3.48. The molecule has 0 radical (unpaired) electrons. The van der Waals surface area contributed by atoms with E-state index >= 15 is 0 Å². The highest BCUT2D eigenvalue weighted by molar-refractivity contribution is 4.59. The average molecular weight is 308 g/mol. The van der Waals surface area contributed by atoms with E-state index in [-0.39, 0.29) is 18.0 Å². The van der Waals surface area contributed by atoms with E-state index in [1.54, 1.807) is 0 Å². The molecule has 0 N–H and O–H groups in total. The molecule has 0 atom stereocenters. The van der Waals surface area contributed by atoms with Crippen molar-refractivity contribution in [3.8, 4) is 0 Å². The Bertz CT molecular complexity index is 463. The predicted octanol–water partition coefficient (Wildman–Crippen LogP) is -0.336. The van der Waals surface area contributed by atoms with Gasteiger partial charge in [0.25, 0.3) is 6.54 Å².